The number of nitrogens with zero attached hydrogens (tertiary/aromatic N) is 1. The molecule has 0 atom stereocenters. The molecule has 2 aromatic carbocycles. The predicted molar refractivity (Wildman–Crippen MR) is 77.8 cm³/mol. The van der Waals surface area contributed by atoms with Gasteiger partial charge in [-0.3, -0.25) is 10.1 Å². The van der Waals surface area contributed by atoms with Gasteiger partial charge in [-0.1, -0.05) is 11.6 Å². The molecule has 4 nitrogen and oxygen atoms in total. The van der Waals surface area contributed by atoms with Gasteiger partial charge in [-0.2, -0.15) is 26.3 Å². The Morgan fingerprint density at radius 1 is 0.920 bits per heavy atom. The lowest BCUT2D eigenvalue weighted by atomic mass is 10.1. The van der Waals surface area contributed by atoms with E-state index in [0.29, 0.717) is 12.1 Å². The first-order chi connectivity index (χ1) is 11.4. The zero-order chi connectivity index (χ0) is 19.0. The monoisotopic (exact) mass is 384 g/mol. The number of benzene rings is 2. The van der Waals surface area contributed by atoms with Crippen molar-refractivity contribution < 1.29 is 31.3 Å². The normalized spacial score (nSPS) is 12.1. The van der Waals surface area contributed by atoms with Gasteiger partial charge >= 0.3 is 12.4 Å². The Bertz CT molecular complexity index is 820. The van der Waals surface area contributed by atoms with Crippen LogP contribution >= 0.6 is 11.6 Å². The van der Waals surface area contributed by atoms with Crippen LogP contribution in [0.2, 0.25) is 5.02 Å². The summed E-state index contributed by atoms with van der Waals surface area (Å²) in [5.41, 5.74) is -4.35. The summed E-state index contributed by atoms with van der Waals surface area (Å²) in [6.07, 6.45) is -9.75. The second-order valence-corrected chi connectivity index (χ2v) is 5.21. The van der Waals surface area contributed by atoms with Crippen molar-refractivity contribution in [1.82, 2.24) is 0 Å². The van der Waals surface area contributed by atoms with Crippen molar-refractivity contribution in [2.24, 2.45) is 0 Å². The van der Waals surface area contributed by atoms with Crippen LogP contribution in [0.5, 0.6) is 0 Å². The minimum atomic E-state index is -4.95. The molecule has 25 heavy (non-hydrogen) atoms. The molecule has 0 spiro atoms. The second-order valence-electron chi connectivity index (χ2n) is 4.80. The van der Waals surface area contributed by atoms with E-state index in [9.17, 15) is 36.5 Å². The van der Waals surface area contributed by atoms with E-state index in [1.54, 1.807) is 0 Å². The number of rotatable bonds is 3. The molecule has 2 rings (SSSR count). The lowest BCUT2D eigenvalue weighted by molar-refractivity contribution is -0.385. The van der Waals surface area contributed by atoms with Crippen LogP contribution in [0.4, 0.5) is 43.4 Å². The minimum absolute atomic E-state index is 0.295. The molecule has 134 valence electrons. The molecule has 0 aliphatic carbocycles. The van der Waals surface area contributed by atoms with Gasteiger partial charge in [-0.05, 0) is 24.3 Å². The molecule has 0 bridgehead atoms. The number of halogens is 7. The Morgan fingerprint density at radius 2 is 1.52 bits per heavy atom. The summed E-state index contributed by atoms with van der Waals surface area (Å²) in [7, 11) is 0. The molecular formula is C14H7ClF6N2O2. The third-order valence-electron chi connectivity index (χ3n) is 3.07. The fraction of sp³-hybridized carbons (Fsp3) is 0.143. The first kappa shape index (κ1) is 18.8. The van der Waals surface area contributed by atoms with Crippen molar-refractivity contribution in [2.75, 3.05) is 5.32 Å². The van der Waals surface area contributed by atoms with E-state index >= 15 is 0 Å². The number of non-ortho nitro benzene ring substituents is 1. The van der Waals surface area contributed by atoms with E-state index in [2.05, 4.69) is 5.32 Å². The van der Waals surface area contributed by atoms with Gasteiger partial charge in [-0.25, -0.2) is 0 Å². The van der Waals surface area contributed by atoms with Crippen molar-refractivity contribution in [3.05, 3.63) is 62.7 Å². The summed E-state index contributed by atoms with van der Waals surface area (Å²) < 4.78 is 77.6. The first-order valence-electron chi connectivity index (χ1n) is 6.39. The Kier molecular flexibility index (Phi) is 4.85. The molecule has 0 saturated heterocycles. The number of hydrogen-bond donors (Lipinski definition) is 1. The van der Waals surface area contributed by atoms with Gasteiger partial charge in [0.2, 0.25) is 0 Å². The van der Waals surface area contributed by atoms with Crippen molar-refractivity contribution in [2.45, 2.75) is 12.4 Å². The zero-order valence-corrected chi connectivity index (χ0v) is 12.6. The maximum absolute atomic E-state index is 13.1. The topological polar surface area (TPSA) is 55.2 Å². The van der Waals surface area contributed by atoms with Gasteiger partial charge in [0.1, 0.15) is 0 Å². The van der Waals surface area contributed by atoms with Crippen LogP contribution in [0.25, 0.3) is 0 Å². The molecule has 0 saturated carbocycles. The molecule has 0 aromatic heterocycles. The summed E-state index contributed by atoms with van der Waals surface area (Å²) in [6.45, 7) is 0. The lowest BCUT2D eigenvalue weighted by Gasteiger charge is -2.16. The molecule has 0 radical (unpaired) electrons. The highest BCUT2D eigenvalue weighted by atomic mass is 35.5. The molecule has 11 heteroatoms. The van der Waals surface area contributed by atoms with Gasteiger partial charge in [0.05, 0.1) is 26.8 Å². The highest BCUT2D eigenvalue weighted by Crippen LogP contribution is 2.40. The number of hydrogen-bond acceptors (Lipinski definition) is 3. The second kappa shape index (κ2) is 6.43. The van der Waals surface area contributed by atoms with Gasteiger partial charge in [0.25, 0.3) is 5.69 Å². The first-order valence-corrected chi connectivity index (χ1v) is 6.77. The van der Waals surface area contributed by atoms with E-state index in [0.717, 1.165) is 24.3 Å². The largest absolute Gasteiger partial charge is 0.418 e. The maximum atomic E-state index is 13.1. The fourth-order valence-electron chi connectivity index (χ4n) is 1.97. The predicted octanol–water partition coefficient (Wildman–Crippen LogP) is 6.03. The van der Waals surface area contributed by atoms with E-state index in [-0.39, 0.29) is 5.69 Å². The average molecular weight is 385 g/mol. The van der Waals surface area contributed by atoms with Crippen LogP contribution in [-0.4, -0.2) is 4.92 Å². The van der Waals surface area contributed by atoms with Gasteiger partial charge in [0.15, 0.2) is 0 Å². The Labute approximate surface area is 141 Å². The Hall–Kier alpha value is -2.49. The van der Waals surface area contributed by atoms with Gasteiger partial charge < -0.3 is 5.32 Å². The zero-order valence-electron chi connectivity index (χ0n) is 11.9. The smallest absolute Gasteiger partial charge is 0.355 e. The number of alkyl halides is 6. The van der Waals surface area contributed by atoms with E-state index in [1.807, 2.05) is 0 Å². The minimum Gasteiger partial charge on any atom is -0.355 e. The standard InChI is InChI=1S/C14H7ClF6N2O2/c15-11-3-1-7(5-9(11)13(16,17)18)22-12-4-2-8(23(24)25)6-10(12)14(19,20)21/h1-6,22H. The van der Waals surface area contributed by atoms with Crippen LogP contribution in [0.3, 0.4) is 0 Å². The van der Waals surface area contributed by atoms with Crippen molar-refractivity contribution >= 4 is 28.7 Å². The highest BCUT2D eigenvalue weighted by molar-refractivity contribution is 6.31. The number of nitrogens with one attached hydrogen (secondary N) is 1. The molecule has 0 amide bonds. The fourth-order valence-corrected chi connectivity index (χ4v) is 2.19. The SMILES string of the molecule is O=[N+]([O-])c1ccc(Nc2ccc(Cl)c(C(F)(F)F)c2)c(C(F)(F)F)c1. The molecule has 2 aromatic rings. The molecule has 0 heterocycles. The summed E-state index contributed by atoms with van der Waals surface area (Å²) in [5.74, 6) is 0. The van der Waals surface area contributed by atoms with Gasteiger partial charge in [0, 0.05) is 17.8 Å². The van der Waals surface area contributed by atoms with Crippen LogP contribution in [-0.2, 0) is 12.4 Å². The van der Waals surface area contributed by atoms with E-state index < -0.39 is 44.8 Å². The molecule has 0 unspecified atom stereocenters. The lowest BCUT2D eigenvalue weighted by Crippen LogP contribution is -2.10. The van der Waals surface area contributed by atoms with Crippen LogP contribution in [0.15, 0.2) is 36.4 Å². The van der Waals surface area contributed by atoms with Gasteiger partial charge in [-0.15, -0.1) is 0 Å². The summed E-state index contributed by atoms with van der Waals surface area (Å²) in [5, 5.41) is 12.2. The number of nitro groups is 1. The number of nitro benzene ring substituents is 1. The Balaban J connectivity index is 2.49. The summed E-state index contributed by atoms with van der Waals surface area (Å²) in [6, 6.07) is 4.35. The van der Waals surface area contributed by atoms with Crippen LogP contribution in [0, 0.1) is 10.1 Å². The maximum Gasteiger partial charge on any atom is 0.418 e. The molecule has 0 aliphatic rings. The molecule has 0 aliphatic heterocycles. The molecular weight excluding hydrogens is 378 g/mol. The van der Waals surface area contributed by atoms with Crippen LogP contribution < -0.4 is 5.32 Å². The molecule has 1 N–H and O–H groups in total. The van der Waals surface area contributed by atoms with Crippen molar-refractivity contribution in [3.8, 4) is 0 Å². The highest BCUT2D eigenvalue weighted by Gasteiger charge is 2.36. The van der Waals surface area contributed by atoms with Crippen molar-refractivity contribution in [1.29, 1.82) is 0 Å². The van der Waals surface area contributed by atoms with Crippen molar-refractivity contribution in [3.63, 3.8) is 0 Å². The Morgan fingerprint density at radius 3 is 2.04 bits per heavy atom. The van der Waals surface area contributed by atoms with E-state index in [4.69, 9.17) is 11.6 Å². The quantitative estimate of drug-likeness (QED) is 0.399. The number of anilines is 2. The average Bonchev–Trinajstić information content (AvgIpc) is 2.47. The summed E-state index contributed by atoms with van der Waals surface area (Å²) >= 11 is 5.44. The van der Waals surface area contributed by atoms with E-state index in [1.165, 1.54) is 0 Å². The third kappa shape index (κ3) is 4.32. The summed E-state index contributed by atoms with van der Waals surface area (Å²) in [4.78, 5) is 9.61. The third-order valence-corrected chi connectivity index (χ3v) is 3.40. The van der Waals surface area contributed by atoms with Crippen LogP contribution in [0.1, 0.15) is 11.1 Å². The molecule has 0 fully saturated rings.